The number of aromatic nitrogens is 1. The third kappa shape index (κ3) is 6.13. The molecule has 1 fully saturated rings. The lowest BCUT2D eigenvalue weighted by molar-refractivity contribution is -0.138. The quantitative estimate of drug-likeness (QED) is 0.799. The molecule has 0 unspecified atom stereocenters. The van der Waals surface area contributed by atoms with Crippen molar-refractivity contribution in [3.63, 3.8) is 0 Å². The topological polar surface area (TPSA) is 82.6 Å². The summed E-state index contributed by atoms with van der Waals surface area (Å²) in [5.74, 6) is -0.396. The Morgan fingerprint density at radius 1 is 0.903 bits per heavy atom. The van der Waals surface area contributed by atoms with Crippen LogP contribution in [0.2, 0.25) is 0 Å². The maximum Gasteiger partial charge on any atom is 0.251 e. The molecule has 0 aliphatic carbocycles. The van der Waals surface area contributed by atoms with Crippen molar-refractivity contribution in [3.8, 4) is 0 Å². The molecular weight excluding hydrogens is 392 g/mol. The van der Waals surface area contributed by atoms with E-state index in [9.17, 15) is 14.4 Å². The fourth-order valence-electron chi connectivity index (χ4n) is 3.47. The lowest BCUT2D eigenvalue weighted by Crippen LogP contribution is -2.52. The summed E-state index contributed by atoms with van der Waals surface area (Å²) in [6.45, 7) is 8.19. The molecule has 164 valence electrons. The minimum Gasteiger partial charge on any atom is -0.343 e. The molecule has 1 aromatic heterocycles. The normalized spacial score (nSPS) is 14.3. The van der Waals surface area contributed by atoms with E-state index in [2.05, 4.69) is 31.1 Å². The van der Waals surface area contributed by atoms with E-state index in [1.807, 2.05) is 30.3 Å². The number of nitrogens with zero attached hydrogens (tertiary/aromatic N) is 3. The zero-order valence-corrected chi connectivity index (χ0v) is 18.4. The molecule has 7 nitrogen and oxygen atoms in total. The molecule has 1 aliphatic heterocycles. The number of pyridine rings is 1. The van der Waals surface area contributed by atoms with Gasteiger partial charge in [0.1, 0.15) is 0 Å². The minimum atomic E-state index is -0.266. The van der Waals surface area contributed by atoms with E-state index < -0.39 is 0 Å². The average Bonchev–Trinajstić information content (AvgIpc) is 2.77. The van der Waals surface area contributed by atoms with Crippen LogP contribution in [0.1, 0.15) is 42.4 Å². The first-order valence-corrected chi connectivity index (χ1v) is 10.6. The third-order valence-electron chi connectivity index (χ3n) is 5.46. The first kappa shape index (κ1) is 22.5. The van der Waals surface area contributed by atoms with Crippen molar-refractivity contribution in [2.45, 2.75) is 32.6 Å². The van der Waals surface area contributed by atoms with E-state index in [0.717, 1.165) is 11.3 Å². The summed E-state index contributed by atoms with van der Waals surface area (Å²) < 4.78 is 0. The van der Waals surface area contributed by atoms with Gasteiger partial charge in [-0.3, -0.25) is 19.4 Å². The van der Waals surface area contributed by atoms with Gasteiger partial charge in [-0.2, -0.15) is 0 Å². The fraction of sp³-hybridized carbons (Fsp3) is 0.417. The van der Waals surface area contributed by atoms with Crippen molar-refractivity contribution in [2.75, 3.05) is 32.7 Å². The Balaban J connectivity index is 1.43. The van der Waals surface area contributed by atoms with Gasteiger partial charge in [0, 0.05) is 43.6 Å². The van der Waals surface area contributed by atoms with Crippen molar-refractivity contribution in [1.82, 2.24) is 20.1 Å². The molecule has 0 saturated carbocycles. The van der Waals surface area contributed by atoms with Crippen LogP contribution in [0.3, 0.4) is 0 Å². The van der Waals surface area contributed by atoms with Crippen LogP contribution in [-0.4, -0.2) is 65.2 Å². The fourth-order valence-corrected chi connectivity index (χ4v) is 3.47. The van der Waals surface area contributed by atoms with Crippen molar-refractivity contribution in [1.29, 1.82) is 0 Å². The van der Waals surface area contributed by atoms with Crippen LogP contribution in [0.5, 0.6) is 0 Å². The second kappa shape index (κ2) is 9.73. The molecule has 0 atom stereocenters. The average molecular weight is 423 g/mol. The van der Waals surface area contributed by atoms with E-state index in [1.54, 1.807) is 28.1 Å². The number of nitrogens with one attached hydrogen (secondary N) is 1. The predicted octanol–water partition coefficient (Wildman–Crippen LogP) is 2.02. The predicted molar refractivity (Wildman–Crippen MR) is 119 cm³/mol. The number of amides is 3. The van der Waals surface area contributed by atoms with Gasteiger partial charge in [0.2, 0.25) is 11.8 Å². The number of rotatable bonds is 5. The van der Waals surface area contributed by atoms with Crippen LogP contribution in [-0.2, 0) is 21.4 Å². The summed E-state index contributed by atoms with van der Waals surface area (Å²) in [4.78, 5) is 44.9. The zero-order valence-electron chi connectivity index (χ0n) is 18.4. The van der Waals surface area contributed by atoms with Gasteiger partial charge >= 0.3 is 0 Å². The Morgan fingerprint density at radius 2 is 1.52 bits per heavy atom. The Bertz CT molecular complexity index is 912. The van der Waals surface area contributed by atoms with E-state index >= 15 is 0 Å². The summed E-state index contributed by atoms with van der Waals surface area (Å²) in [6.07, 6.45) is 1.94. The molecule has 3 amide bonds. The largest absolute Gasteiger partial charge is 0.343 e. The Labute approximate surface area is 183 Å². The molecule has 0 radical (unpaired) electrons. The van der Waals surface area contributed by atoms with Gasteiger partial charge in [-0.15, -0.1) is 0 Å². The monoisotopic (exact) mass is 422 g/mol. The Hall–Kier alpha value is -3.22. The van der Waals surface area contributed by atoms with Crippen LogP contribution in [0.15, 0.2) is 48.7 Å². The van der Waals surface area contributed by atoms with Gasteiger partial charge in [0.15, 0.2) is 0 Å². The number of benzene rings is 1. The molecule has 0 bridgehead atoms. The second-order valence-electron chi connectivity index (χ2n) is 8.77. The minimum absolute atomic E-state index is 0.0119. The van der Waals surface area contributed by atoms with Gasteiger partial charge in [-0.1, -0.05) is 39.0 Å². The number of carbonyl (C=O) groups is 3. The summed E-state index contributed by atoms with van der Waals surface area (Å²) >= 11 is 0. The van der Waals surface area contributed by atoms with Gasteiger partial charge in [-0.05, 0) is 35.2 Å². The molecule has 7 heteroatoms. The Kier molecular flexibility index (Phi) is 7.05. The van der Waals surface area contributed by atoms with Crippen molar-refractivity contribution in [2.24, 2.45) is 0 Å². The second-order valence-corrected chi connectivity index (χ2v) is 8.77. The van der Waals surface area contributed by atoms with E-state index in [1.165, 1.54) is 0 Å². The van der Waals surface area contributed by atoms with Crippen LogP contribution in [0, 0.1) is 0 Å². The molecular formula is C24H30N4O3. The molecule has 1 saturated heterocycles. The molecule has 1 aliphatic rings. The van der Waals surface area contributed by atoms with Gasteiger partial charge in [0.25, 0.3) is 5.91 Å². The molecule has 0 spiro atoms. The summed E-state index contributed by atoms with van der Waals surface area (Å²) in [7, 11) is 0. The van der Waals surface area contributed by atoms with E-state index in [-0.39, 0.29) is 36.1 Å². The standard InChI is InChI=1S/C24H30N4O3/c1-24(2,3)19-9-7-18(8-10-19)23(31)26-17-22(30)28-14-12-27(13-15-28)21(29)16-20-6-4-5-11-25-20/h4-11H,12-17H2,1-3H3,(H,26,31). The van der Waals surface area contributed by atoms with Crippen LogP contribution in [0.25, 0.3) is 0 Å². The molecule has 2 aromatic rings. The summed E-state index contributed by atoms with van der Waals surface area (Å²) in [5, 5.41) is 2.70. The highest BCUT2D eigenvalue weighted by Crippen LogP contribution is 2.22. The highest BCUT2D eigenvalue weighted by Gasteiger charge is 2.24. The van der Waals surface area contributed by atoms with Crippen molar-refractivity contribution in [3.05, 3.63) is 65.5 Å². The first-order chi connectivity index (χ1) is 14.7. The Morgan fingerprint density at radius 3 is 2.06 bits per heavy atom. The van der Waals surface area contributed by atoms with Crippen LogP contribution in [0.4, 0.5) is 0 Å². The number of hydrogen-bond donors (Lipinski definition) is 1. The lowest BCUT2D eigenvalue weighted by atomic mass is 9.87. The van der Waals surface area contributed by atoms with Crippen molar-refractivity contribution < 1.29 is 14.4 Å². The summed E-state index contributed by atoms with van der Waals surface area (Å²) in [6, 6.07) is 13.0. The highest BCUT2D eigenvalue weighted by molar-refractivity contribution is 5.96. The third-order valence-corrected chi connectivity index (χ3v) is 5.46. The number of piperazine rings is 1. The van der Waals surface area contributed by atoms with Gasteiger partial charge < -0.3 is 15.1 Å². The van der Waals surface area contributed by atoms with Crippen LogP contribution < -0.4 is 5.32 Å². The van der Waals surface area contributed by atoms with E-state index in [0.29, 0.717) is 31.7 Å². The van der Waals surface area contributed by atoms with Gasteiger partial charge in [-0.25, -0.2) is 0 Å². The first-order valence-electron chi connectivity index (χ1n) is 10.6. The maximum atomic E-state index is 12.5. The molecule has 3 rings (SSSR count). The SMILES string of the molecule is CC(C)(C)c1ccc(C(=O)NCC(=O)N2CCN(C(=O)Cc3ccccn3)CC2)cc1. The summed E-state index contributed by atoms with van der Waals surface area (Å²) in [5.41, 5.74) is 2.44. The lowest BCUT2D eigenvalue weighted by Gasteiger charge is -2.34. The highest BCUT2D eigenvalue weighted by atomic mass is 16.2. The number of carbonyl (C=O) groups excluding carboxylic acids is 3. The van der Waals surface area contributed by atoms with E-state index in [4.69, 9.17) is 0 Å². The zero-order chi connectivity index (χ0) is 22.4. The molecule has 2 heterocycles. The maximum absolute atomic E-state index is 12.5. The van der Waals surface area contributed by atoms with Crippen LogP contribution >= 0.6 is 0 Å². The molecule has 31 heavy (non-hydrogen) atoms. The smallest absolute Gasteiger partial charge is 0.251 e. The number of hydrogen-bond acceptors (Lipinski definition) is 4. The molecule has 1 aromatic carbocycles. The van der Waals surface area contributed by atoms with Crippen molar-refractivity contribution >= 4 is 17.7 Å². The van der Waals surface area contributed by atoms with Gasteiger partial charge in [0.05, 0.1) is 13.0 Å². The molecule has 1 N–H and O–H groups in total.